The monoisotopic (exact) mass is 201 g/mol. The summed E-state index contributed by atoms with van der Waals surface area (Å²) in [6, 6.07) is -0.125. The molecule has 0 fully saturated rings. The summed E-state index contributed by atoms with van der Waals surface area (Å²) in [7, 11) is 0. The van der Waals surface area contributed by atoms with Crippen molar-refractivity contribution in [2.24, 2.45) is 5.92 Å². The molecule has 2 atom stereocenters. The zero-order valence-electron chi connectivity index (χ0n) is 9.71. The first kappa shape index (κ1) is 13.4. The van der Waals surface area contributed by atoms with Gasteiger partial charge in [-0.2, -0.15) is 0 Å². The predicted octanol–water partition coefficient (Wildman–Crippen LogP) is 2.26. The molecule has 0 saturated carbocycles. The van der Waals surface area contributed by atoms with Gasteiger partial charge in [0.1, 0.15) is 6.04 Å². The standard InChI is InChI=1S/C11H23NO2/c1-5-6-7-9(4)12-10(8(2)3)11(13)14/h8-10,12H,5-7H2,1-4H3,(H,13,14). The van der Waals surface area contributed by atoms with Crippen molar-refractivity contribution in [1.82, 2.24) is 5.32 Å². The Labute approximate surface area is 86.9 Å². The fourth-order valence-electron chi connectivity index (χ4n) is 1.45. The van der Waals surface area contributed by atoms with E-state index < -0.39 is 12.0 Å². The maximum atomic E-state index is 10.9. The van der Waals surface area contributed by atoms with Gasteiger partial charge in [0.2, 0.25) is 0 Å². The normalized spacial score (nSPS) is 15.5. The molecule has 0 aromatic carbocycles. The second kappa shape index (κ2) is 6.82. The molecule has 0 aromatic rings. The van der Waals surface area contributed by atoms with Crippen LogP contribution in [0.2, 0.25) is 0 Å². The number of carbonyl (C=O) groups is 1. The fourth-order valence-corrected chi connectivity index (χ4v) is 1.45. The van der Waals surface area contributed by atoms with Gasteiger partial charge in [0.05, 0.1) is 0 Å². The molecule has 0 aromatic heterocycles. The van der Waals surface area contributed by atoms with Crippen molar-refractivity contribution < 1.29 is 9.90 Å². The van der Waals surface area contributed by atoms with E-state index in [9.17, 15) is 4.79 Å². The van der Waals surface area contributed by atoms with Crippen LogP contribution in [-0.2, 0) is 4.79 Å². The minimum Gasteiger partial charge on any atom is -0.480 e. The maximum absolute atomic E-state index is 10.9. The summed E-state index contributed by atoms with van der Waals surface area (Å²) in [5, 5.41) is 12.1. The van der Waals surface area contributed by atoms with Crippen LogP contribution in [0.15, 0.2) is 0 Å². The van der Waals surface area contributed by atoms with Gasteiger partial charge in [-0.1, -0.05) is 33.6 Å². The summed E-state index contributed by atoms with van der Waals surface area (Å²) in [4.78, 5) is 10.9. The summed E-state index contributed by atoms with van der Waals surface area (Å²) in [6.45, 7) is 8.05. The lowest BCUT2D eigenvalue weighted by Gasteiger charge is -2.22. The predicted molar refractivity (Wildman–Crippen MR) is 58.4 cm³/mol. The Kier molecular flexibility index (Phi) is 6.54. The van der Waals surface area contributed by atoms with Gasteiger partial charge in [0, 0.05) is 6.04 Å². The minimum atomic E-state index is -0.747. The highest BCUT2D eigenvalue weighted by Gasteiger charge is 2.22. The number of carboxylic acid groups (broad SMARTS) is 1. The summed E-state index contributed by atoms with van der Waals surface area (Å²) in [6.07, 6.45) is 3.36. The number of nitrogens with one attached hydrogen (secondary N) is 1. The van der Waals surface area contributed by atoms with Crippen LogP contribution in [0.1, 0.15) is 47.0 Å². The van der Waals surface area contributed by atoms with Gasteiger partial charge >= 0.3 is 5.97 Å². The largest absolute Gasteiger partial charge is 0.480 e. The Balaban J connectivity index is 3.96. The zero-order chi connectivity index (χ0) is 11.1. The minimum absolute atomic E-state index is 0.136. The molecule has 0 saturated heterocycles. The third-order valence-electron chi connectivity index (χ3n) is 2.39. The maximum Gasteiger partial charge on any atom is 0.320 e. The Bertz CT molecular complexity index is 169. The molecule has 0 aliphatic heterocycles. The van der Waals surface area contributed by atoms with E-state index in [-0.39, 0.29) is 5.92 Å². The molecule has 84 valence electrons. The van der Waals surface area contributed by atoms with Crippen molar-refractivity contribution >= 4 is 5.97 Å². The first-order valence-corrected chi connectivity index (χ1v) is 5.47. The number of rotatable bonds is 7. The van der Waals surface area contributed by atoms with Crippen molar-refractivity contribution in [3.05, 3.63) is 0 Å². The number of carboxylic acids is 1. The van der Waals surface area contributed by atoms with Gasteiger partial charge in [-0.15, -0.1) is 0 Å². The van der Waals surface area contributed by atoms with Crippen LogP contribution in [0.5, 0.6) is 0 Å². The first-order valence-electron chi connectivity index (χ1n) is 5.47. The zero-order valence-corrected chi connectivity index (χ0v) is 9.71. The van der Waals surface area contributed by atoms with E-state index in [1.54, 1.807) is 0 Å². The Hall–Kier alpha value is -0.570. The Morgan fingerprint density at radius 3 is 2.29 bits per heavy atom. The molecular weight excluding hydrogens is 178 g/mol. The molecule has 2 N–H and O–H groups in total. The first-order chi connectivity index (χ1) is 6.49. The van der Waals surface area contributed by atoms with Gasteiger partial charge in [0.15, 0.2) is 0 Å². The highest BCUT2D eigenvalue weighted by Crippen LogP contribution is 2.06. The number of hydrogen-bond donors (Lipinski definition) is 2. The van der Waals surface area contributed by atoms with Crippen molar-refractivity contribution in [2.75, 3.05) is 0 Å². The van der Waals surface area contributed by atoms with E-state index in [0.717, 1.165) is 19.3 Å². The van der Waals surface area contributed by atoms with Gasteiger partial charge in [-0.05, 0) is 19.3 Å². The molecule has 3 nitrogen and oxygen atoms in total. The molecule has 0 radical (unpaired) electrons. The van der Waals surface area contributed by atoms with Gasteiger partial charge < -0.3 is 10.4 Å². The molecule has 0 aliphatic rings. The van der Waals surface area contributed by atoms with Crippen LogP contribution >= 0.6 is 0 Å². The summed E-state index contributed by atoms with van der Waals surface area (Å²) in [5.74, 6) is -0.611. The van der Waals surface area contributed by atoms with Gasteiger partial charge in [-0.3, -0.25) is 4.79 Å². The fraction of sp³-hybridized carbons (Fsp3) is 0.909. The van der Waals surface area contributed by atoms with E-state index in [2.05, 4.69) is 12.2 Å². The lowest BCUT2D eigenvalue weighted by molar-refractivity contribution is -0.140. The van der Waals surface area contributed by atoms with Crippen molar-refractivity contribution in [3.8, 4) is 0 Å². The molecule has 14 heavy (non-hydrogen) atoms. The molecule has 0 bridgehead atoms. The van der Waals surface area contributed by atoms with E-state index in [1.165, 1.54) is 0 Å². The summed E-state index contributed by atoms with van der Waals surface area (Å²) >= 11 is 0. The van der Waals surface area contributed by atoms with Crippen LogP contribution in [0, 0.1) is 5.92 Å². The van der Waals surface area contributed by atoms with Crippen molar-refractivity contribution in [3.63, 3.8) is 0 Å². The van der Waals surface area contributed by atoms with Crippen LogP contribution in [0.25, 0.3) is 0 Å². The molecule has 2 unspecified atom stereocenters. The lowest BCUT2D eigenvalue weighted by Crippen LogP contribution is -2.45. The van der Waals surface area contributed by atoms with Crippen LogP contribution in [0.4, 0.5) is 0 Å². The van der Waals surface area contributed by atoms with Gasteiger partial charge in [0.25, 0.3) is 0 Å². The number of unbranched alkanes of at least 4 members (excludes halogenated alkanes) is 1. The van der Waals surface area contributed by atoms with Crippen LogP contribution < -0.4 is 5.32 Å². The van der Waals surface area contributed by atoms with Crippen LogP contribution in [-0.4, -0.2) is 23.2 Å². The van der Waals surface area contributed by atoms with E-state index >= 15 is 0 Å². The third-order valence-corrected chi connectivity index (χ3v) is 2.39. The molecule has 0 spiro atoms. The van der Waals surface area contributed by atoms with Crippen molar-refractivity contribution in [2.45, 2.75) is 59.0 Å². The lowest BCUT2D eigenvalue weighted by atomic mass is 10.0. The Morgan fingerprint density at radius 1 is 1.36 bits per heavy atom. The van der Waals surface area contributed by atoms with E-state index in [4.69, 9.17) is 5.11 Å². The quantitative estimate of drug-likeness (QED) is 0.664. The molecular formula is C11H23NO2. The van der Waals surface area contributed by atoms with Crippen molar-refractivity contribution in [1.29, 1.82) is 0 Å². The SMILES string of the molecule is CCCCC(C)NC(C(=O)O)C(C)C. The molecule has 0 heterocycles. The number of aliphatic carboxylic acids is 1. The summed E-state index contributed by atoms with van der Waals surface area (Å²) < 4.78 is 0. The highest BCUT2D eigenvalue weighted by atomic mass is 16.4. The third kappa shape index (κ3) is 5.22. The smallest absolute Gasteiger partial charge is 0.320 e. The molecule has 0 aliphatic carbocycles. The van der Waals surface area contributed by atoms with E-state index in [0.29, 0.717) is 6.04 Å². The molecule has 0 rings (SSSR count). The van der Waals surface area contributed by atoms with Gasteiger partial charge in [-0.25, -0.2) is 0 Å². The molecule has 3 heteroatoms. The molecule has 0 amide bonds. The average molecular weight is 201 g/mol. The topological polar surface area (TPSA) is 49.3 Å². The Morgan fingerprint density at radius 2 is 1.93 bits per heavy atom. The van der Waals surface area contributed by atoms with Crippen LogP contribution in [0.3, 0.4) is 0 Å². The highest BCUT2D eigenvalue weighted by molar-refractivity contribution is 5.73. The number of hydrogen-bond acceptors (Lipinski definition) is 2. The average Bonchev–Trinajstić information content (AvgIpc) is 2.09. The van der Waals surface area contributed by atoms with E-state index in [1.807, 2.05) is 20.8 Å². The second-order valence-corrected chi connectivity index (χ2v) is 4.27. The second-order valence-electron chi connectivity index (χ2n) is 4.27. The summed E-state index contributed by atoms with van der Waals surface area (Å²) in [5.41, 5.74) is 0.